The summed E-state index contributed by atoms with van der Waals surface area (Å²) in [6.45, 7) is 1.53. The molecule has 0 heterocycles. The van der Waals surface area contributed by atoms with Gasteiger partial charge in [-0.25, -0.2) is 4.79 Å². The van der Waals surface area contributed by atoms with Crippen molar-refractivity contribution in [2.75, 3.05) is 0 Å². The van der Waals surface area contributed by atoms with Crippen molar-refractivity contribution >= 4 is 34.6 Å². The Morgan fingerprint density at radius 1 is 1.19 bits per heavy atom. The second-order valence-corrected chi connectivity index (χ2v) is 7.81. The van der Waals surface area contributed by atoms with Crippen LogP contribution in [0.2, 0.25) is 0 Å². The van der Waals surface area contributed by atoms with Gasteiger partial charge in [0.05, 0.1) is 9.61 Å². The number of ether oxygens (including phenoxy) is 1. The third-order valence-corrected chi connectivity index (χ3v) is 5.13. The van der Waals surface area contributed by atoms with Crippen LogP contribution in [-0.4, -0.2) is 34.3 Å². The number of halogens is 1. The first-order valence-electron chi connectivity index (χ1n) is 9.28. The van der Waals surface area contributed by atoms with Crippen LogP contribution >= 0.6 is 22.6 Å². The molecule has 0 radical (unpaired) electrons. The average Bonchev–Trinajstić information content (AvgIpc) is 2.75. The fourth-order valence-electron chi connectivity index (χ4n) is 2.59. The first-order chi connectivity index (χ1) is 14.8. The molecule has 0 aliphatic carbocycles. The van der Waals surface area contributed by atoms with E-state index in [1.165, 1.54) is 13.0 Å². The number of carbonyl (C=O) groups excluding carboxylic acids is 2. The summed E-state index contributed by atoms with van der Waals surface area (Å²) in [6.07, 6.45) is 0.129. The standard InChI is InChI=1S/C21H21IN4O5/c1-13(19(28)11-24-23)25-20(29)17(10-15-7-8-18(27)16(22)9-15)26-21(30)31-12-14-5-3-2-4-6-14/h2-9,11,13,17H,10,12H2,1H3,(H3-,25,26,27,28,29,30)/p+1/b19-11+/t13-,17-/m0/s1. The Kier molecular flexibility index (Phi) is 9.08. The van der Waals surface area contributed by atoms with Crippen molar-refractivity contribution < 1.29 is 24.5 Å². The lowest BCUT2D eigenvalue weighted by atomic mass is 10.0. The van der Waals surface area contributed by atoms with Crippen molar-refractivity contribution in [3.05, 3.63) is 80.2 Å². The minimum absolute atomic E-state index is 0.0378. The smallest absolute Gasteiger partial charge is 0.408 e. The molecule has 0 aliphatic heterocycles. The number of phenols is 1. The lowest BCUT2D eigenvalue weighted by Crippen LogP contribution is -2.50. The number of phenolic OH excluding ortho intramolecular Hbond substituents is 1. The fraction of sp³-hybridized carbons (Fsp3) is 0.238. The van der Waals surface area contributed by atoms with Crippen LogP contribution in [0.3, 0.4) is 0 Å². The lowest BCUT2D eigenvalue weighted by molar-refractivity contribution is -0.123. The second kappa shape index (κ2) is 11.8. The molecule has 2 aromatic carbocycles. The zero-order chi connectivity index (χ0) is 22.8. The molecule has 2 amide bonds. The molecule has 2 atom stereocenters. The predicted octanol–water partition coefficient (Wildman–Crippen LogP) is 3.59. The van der Waals surface area contributed by atoms with Gasteiger partial charge in [0.1, 0.15) is 18.4 Å². The number of rotatable bonds is 8. The van der Waals surface area contributed by atoms with Gasteiger partial charge < -0.3 is 25.6 Å². The summed E-state index contributed by atoms with van der Waals surface area (Å²) in [4.78, 5) is 27.8. The summed E-state index contributed by atoms with van der Waals surface area (Å²) in [6, 6.07) is 12.0. The number of nitrogens with one attached hydrogen (secondary N) is 2. The summed E-state index contributed by atoms with van der Waals surface area (Å²) in [7, 11) is 0. The minimum atomic E-state index is -1.02. The molecule has 2 aromatic rings. The van der Waals surface area contributed by atoms with Crippen LogP contribution < -0.4 is 10.6 Å². The lowest BCUT2D eigenvalue weighted by Gasteiger charge is -2.20. The molecule has 0 aromatic heterocycles. The van der Waals surface area contributed by atoms with Crippen molar-refractivity contribution in [3.63, 3.8) is 0 Å². The fourth-order valence-corrected chi connectivity index (χ4v) is 3.17. The van der Waals surface area contributed by atoms with Gasteiger partial charge in [-0.2, -0.15) is 0 Å². The van der Waals surface area contributed by atoms with E-state index in [1.54, 1.807) is 24.3 Å². The number of amides is 2. The van der Waals surface area contributed by atoms with Crippen LogP contribution in [0.15, 0.2) is 60.5 Å². The van der Waals surface area contributed by atoms with Crippen molar-refractivity contribution in [2.45, 2.75) is 32.0 Å². The molecule has 0 saturated heterocycles. The molecule has 162 valence electrons. The Hall–Kier alpha value is -3.33. The molecule has 0 spiro atoms. The van der Waals surface area contributed by atoms with E-state index in [-0.39, 0.29) is 24.5 Å². The summed E-state index contributed by atoms with van der Waals surface area (Å²) >= 11 is 1.96. The Morgan fingerprint density at radius 3 is 2.55 bits per heavy atom. The van der Waals surface area contributed by atoms with Crippen molar-refractivity contribution in [3.8, 4) is 5.75 Å². The van der Waals surface area contributed by atoms with E-state index in [4.69, 9.17) is 10.1 Å². The Labute approximate surface area is 192 Å². The summed E-state index contributed by atoms with van der Waals surface area (Å²) in [5.41, 5.74) is 1.49. The van der Waals surface area contributed by atoms with Gasteiger partial charge in [0.25, 0.3) is 0 Å². The van der Waals surface area contributed by atoms with Gasteiger partial charge >= 0.3 is 12.3 Å². The van der Waals surface area contributed by atoms with Gasteiger partial charge in [0, 0.05) is 6.42 Å². The SMILES string of the molecule is C[C@H](NC(=O)[C@H](Cc1ccc(O)c(I)c1)NC(=O)OCc1ccccc1)/C(O)=C\[N+]#N. The maximum absolute atomic E-state index is 12.8. The molecule has 9 nitrogen and oxygen atoms in total. The molecule has 0 aliphatic rings. The van der Waals surface area contributed by atoms with Gasteiger partial charge in [0.15, 0.2) is 4.98 Å². The summed E-state index contributed by atoms with van der Waals surface area (Å²) in [5.74, 6) is -0.831. The van der Waals surface area contributed by atoms with Crippen molar-refractivity contribution in [1.29, 1.82) is 5.39 Å². The normalized spacial score (nSPS) is 12.9. The van der Waals surface area contributed by atoms with Crippen LogP contribution in [-0.2, 0) is 22.6 Å². The Morgan fingerprint density at radius 2 is 1.90 bits per heavy atom. The van der Waals surface area contributed by atoms with Crippen LogP contribution in [0.5, 0.6) is 5.75 Å². The predicted molar refractivity (Wildman–Crippen MR) is 121 cm³/mol. The van der Waals surface area contributed by atoms with Gasteiger partial charge in [0.2, 0.25) is 17.1 Å². The second-order valence-electron chi connectivity index (χ2n) is 6.65. The molecule has 0 fully saturated rings. The summed E-state index contributed by atoms with van der Waals surface area (Å²) in [5, 5.41) is 33.0. The van der Waals surface area contributed by atoms with Crippen LogP contribution in [0.25, 0.3) is 4.98 Å². The molecular formula is C21H22IN4O5+. The average molecular weight is 537 g/mol. The molecule has 10 heteroatoms. The van der Waals surface area contributed by atoms with Gasteiger partial charge in [-0.1, -0.05) is 36.4 Å². The number of carbonyl (C=O) groups is 2. The number of hydrogen-bond acceptors (Lipinski definition) is 6. The molecular weight excluding hydrogens is 515 g/mol. The maximum Gasteiger partial charge on any atom is 0.408 e. The highest BCUT2D eigenvalue weighted by Crippen LogP contribution is 2.21. The highest BCUT2D eigenvalue weighted by Gasteiger charge is 2.25. The van der Waals surface area contributed by atoms with Crippen molar-refractivity contribution in [1.82, 2.24) is 10.6 Å². The van der Waals surface area contributed by atoms with E-state index >= 15 is 0 Å². The van der Waals surface area contributed by atoms with E-state index in [1.807, 2.05) is 40.8 Å². The minimum Gasteiger partial charge on any atom is -0.507 e. The van der Waals surface area contributed by atoms with E-state index in [2.05, 4.69) is 15.6 Å². The van der Waals surface area contributed by atoms with E-state index in [0.717, 1.165) is 11.8 Å². The third kappa shape index (κ3) is 7.78. The topological polar surface area (TPSA) is 136 Å². The van der Waals surface area contributed by atoms with Crippen molar-refractivity contribution in [2.24, 2.45) is 0 Å². The van der Waals surface area contributed by atoms with E-state index in [9.17, 15) is 19.8 Å². The number of diazo groups is 1. The molecule has 31 heavy (non-hydrogen) atoms. The molecule has 0 bridgehead atoms. The molecule has 4 N–H and O–H groups in total. The Balaban J connectivity index is 2.11. The van der Waals surface area contributed by atoms with Gasteiger partial charge in [-0.15, -0.1) is 0 Å². The monoisotopic (exact) mass is 537 g/mol. The largest absolute Gasteiger partial charge is 0.507 e. The maximum atomic E-state index is 12.8. The number of benzene rings is 2. The number of hydrogen-bond donors (Lipinski definition) is 4. The number of aliphatic hydroxyl groups is 1. The number of aliphatic hydroxyl groups excluding tert-OH is 1. The van der Waals surface area contributed by atoms with Crippen LogP contribution in [0, 0.1) is 8.96 Å². The molecule has 0 saturated carbocycles. The van der Waals surface area contributed by atoms with E-state index in [0.29, 0.717) is 9.13 Å². The molecule has 2 rings (SSSR count). The number of aromatic hydroxyl groups is 1. The highest BCUT2D eigenvalue weighted by atomic mass is 127. The third-order valence-electron chi connectivity index (χ3n) is 4.27. The Bertz CT molecular complexity index is 991. The number of nitrogens with zero attached hydrogens (tertiary/aromatic N) is 2. The first-order valence-corrected chi connectivity index (χ1v) is 10.4. The van der Waals surface area contributed by atoms with Gasteiger partial charge in [-0.3, -0.25) is 4.79 Å². The first kappa shape index (κ1) is 23.9. The zero-order valence-corrected chi connectivity index (χ0v) is 18.8. The summed E-state index contributed by atoms with van der Waals surface area (Å²) < 4.78 is 5.80. The van der Waals surface area contributed by atoms with Crippen LogP contribution in [0.1, 0.15) is 18.1 Å². The molecule has 0 unspecified atom stereocenters. The zero-order valence-electron chi connectivity index (χ0n) is 16.7. The quantitative estimate of drug-likeness (QED) is 0.231. The van der Waals surface area contributed by atoms with Crippen LogP contribution in [0.4, 0.5) is 4.79 Å². The number of alkyl carbamates (subject to hydrolysis) is 1. The van der Waals surface area contributed by atoms with Gasteiger partial charge in [-0.05, 0) is 52.8 Å². The van der Waals surface area contributed by atoms with E-state index < -0.39 is 24.1 Å². The highest BCUT2D eigenvalue weighted by molar-refractivity contribution is 14.1.